The highest BCUT2D eigenvalue weighted by atomic mass is 32.2. The van der Waals surface area contributed by atoms with Crippen LogP contribution in [0.25, 0.3) is 0 Å². The summed E-state index contributed by atoms with van der Waals surface area (Å²) in [5.41, 5.74) is 1.27. The first-order valence-corrected chi connectivity index (χ1v) is 10.2. The Hall–Kier alpha value is -1.11. The van der Waals surface area contributed by atoms with Crippen LogP contribution in [-0.2, 0) is 16.6 Å². The molecule has 0 aliphatic carbocycles. The molecule has 0 amide bonds. The van der Waals surface area contributed by atoms with Gasteiger partial charge >= 0.3 is 0 Å². The smallest absolute Gasteiger partial charge is 0.211 e. The Kier molecular flexibility index (Phi) is 6.44. The van der Waals surface area contributed by atoms with E-state index in [1.807, 2.05) is 26.0 Å². The van der Waals surface area contributed by atoms with Crippen molar-refractivity contribution >= 4 is 10.0 Å². The molecule has 1 aliphatic rings. The van der Waals surface area contributed by atoms with Crippen molar-refractivity contribution in [3.63, 3.8) is 0 Å². The van der Waals surface area contributed by atoms with Crippen LogP contribution in [0.3, 0.4) is 0 Å². The van der Waals surface area contributed by atoms with Crippen LogP contribution < -0.4 is 4.74 Å². The summed E-state index contributed by atoms with van der Waals surface area (Å²) in [5, 5.41) is 0. The lowest BCUT2D eigenvalue weighted by Crippen LogP contribution is -2.46. The minimum Gasteiger partial charge on any atom is -0.494 e. The number of rotatable bonds is 7. The van der Waals surface area contributed by atoms with Crippen molar-refractivity contribution in [3.8, 4) is 5.75 Å². The summed E-state index contributed by atoms with van der Waals surface area (Å²) in [6, 6.07) is 8.37. The Balaban J connectivity index is 1.87. The minimum absolute atomic E-state index is 0.145. The number of sulfonamides is 1. The molecule has 6 heteroatoms. The monoisotopic (exact) mass is 340 g/mol. The molecule has 0 spiro atoms. The van der Waals surface area contributed by atoms with Gasteiger partial charge in [-0.3, -0.25) is 4.90 Å². The van der Waals surface area contributed by atoms with Crippen molar-refractivity contribution < 1.29 is 13.2 Å². The van der Waals surface area contributed by atoms with Crippen molar-refractivity contribution in [2.24, 2.45) is 0 Å². The van der Waals surface area contributed by atoms with Crippen LogP contribution in [0.1, 0.15) is 32.3 Å². The molecule has 1 aromatic carbocycles. The van der Waals surface area contributed by atoms with Gasteiger partial charge in [-0.25, -0.2) is 8.42 Å². The molecule has 5 nitrogen and oxygen atoms in total. The first kappa shape index (κ1) is 18.2. The van der Waals surface area contributed by atoms with Crippen molar-refractivity contribution in [1.82, 2.24) is 9.21 Å². The molecule has 130 valence electrons. The normalized spacial score (nSPS) is 17.6. The number of nitrogens with zero attached hydrogens (tertiary/aromatic N) is 2. The van der Waals surface area contributed by atoms with Crippen LogP contribution >= 0.6 is 0 Å². The van der Waals surface area contributed by atoms with Crippen molar-refractivity contribution in [2.75, 3.05) is 32.5 Å². The second-order valence-electron chi connectivity index (χ2n) is 6.05. The maximum Gasteiger partial charge on any atom is 0.211 e. The van der Waals surface area contributed by atoms with Gasteiger partial charge in [0.2, 0.25) is 10.0 Å². The Morgan fingerprint density at radius 1 is 1.17 bits per heavy atom. The SMILES string of the molecule is CCOc1ccc(CN2CCC(N(CC)S(C)(=O)=O)CC2)cc1. The maximum absolute atomic E-state index is 11.8. The first-order chi connectivity index (χ1) is 10.9. The van der Waals surface area contributed by atoms with E-state index in [-0.39, 0.29) is 6.04 Å². The molecular formula is C17H28N2O3S. The number of hydrogen-bond donors (Lipinski definition) is 0. The summed E-state index contributed by atoms with van der Waals surface area (Å²) in [6.45, 7) is 7.91. The zero-order valence-electron chi connectivity index (χ0n) is 14.4. The van der Waals surface area contributed by atoms with E-state index in [4.69, 9.17) is 4.74 Å². The number of ether oxygens (including phenoxy) is 1. The number of piperidine rings is 1. The van der Waals surface area contributed by atoms with Gasteiger partial charge in [0, 0.05) is 32.2 Å². The van der Waals surface area contributed by atoms with Crippen LogP contribution in [0.4, 0.5) is 0 Å². The topological polar surface area (TPSA) is 49.9 Å². The number of benzene rings is 1. The molecule has 0 atom stereocenters. The summed E-state index contributed by atoms with van der Waals surface area (Å²) in [6.07, 6.45) is 3.11. The first-order valence-electron chi connectivity index (χ1n) is 8.35. The van der Waals surface area contributed by atoms with Gasteiger partial charge in [-0.1, -0.05) is 19.1 Å². The molecule has 1 saturated heterocycles. The zero-order valence-corrected chi connectivity index (χ0v) is 15.2. The second-order valence-corrected chi connectivity index (χ2v) is 7.99. The Bertz CT molecular complexity index is 578. The van der Waals surface area contributed by atoms with E-state index in [0.29, 0.717) is 13.2 Å². The number of hydrogen-bond acceptors (Lipinski definition) is 4. The van der Waals surface area contributed by atoms with E-state index < -0.39 is 10.0 Å². The molecule has 1 aromatic rings. The molecular weight excluding hydrogens is 312 g/mol. The lowest BCUT2D eigenvalue weighted by atomic mass is 10.0. The molecule has 0 saturated carbocycles. The standard InChI is InChI=1S/C17H28N2O3S/c1-4-19(23(3,20)21)16-10-12-18(13-11-16)14-15-6-8-17(9-7-15)22-5-2/h6-9,16H,4-5,10-14H2,1-3H3. The summed E-state index contributed by atoms with van der Waals surface area (Å²) < 4.78 is 30.7. The summed E-state index contributed by atoms with van der Waals surface area (Å²) in [4.78, 5) is 2.39. The van der Waals surface area contributed by atoms with Crippen molar-refractivity contribution in [1.29, 1.82) is 0 Å². The maximum atomic E-state index is 11.8. The summed E-state index contributed by atoms with van der Waals surface area (Å²) >= 11 is 0. The fourth-order valence-electron chi connectivity index (χ4n) is 3.24. The number of likely N-dealkylation sites (tertiary alicyclic amines) is 1. The van der Waals surface area contributed by atoms with E-state index >= 15 is 0 Å². The van der Waals surface area contributed by atoms with Gasteiger partial charge in [0.15, 0.2) is 0 Å². The third-order valence-electron chi connectivity index (χ3n) is 4.34. The Morgan fingerprint density at radius 3 is 2.26 bits per heavy atom. The van der Waals surface area contributed by atoms with E-state index in [1.54, 1.807) is 4.31 Å². The van der Waals surface area contributed by atoms with Crippen LogP contribution in [-0.4, -0.2) is 56.2 Å². The molecule has 0 aromatic heterocycles. The zero-order chi connectivity index (χ0) is 16.9. The van der Waals surface area contributed by atoms with Gasteiger partial charge in [0.1, 0.15) is 5.75 Å². The predicted octanol–water partition coefficient (Wildman–Crippen LogP) is 2.33. The highest BCUT2D eigenvalue weighted by Gasteiger charge is 2.28. The van der Waals surface area contributed by atoms with Gasteiger partial charge in [0.25, 0.3) is 0 Å². The molecule has 0 N–H and O–H groups in total. The fraction of sp³-hybridized carbons (Fsp3) is 0.647. The predicted molar refractivity (Wildman–Crippen MR) is 93.1 cm³/mol. The van der Waals surface area contributed by atoms with Gasteiger partial charge < -0.3 is 4.74 Å². The molecule has 1 fully saturated rings. The largest absolute Gasteiger partial charge is 0.494 e. The van der Waals surface area contributed by atoms with Crippen LogP contribution in [0.2, 0.25) is 0 Å². The highest BCUT2D eigenvalue weighted by molar-refractivity contribution is 7.88. The molecule has 23 heavy (non-hydrogen) atoms. The molecule has 0 unspecified atom stereocenters. The Morgan fingerprint density at radius 2 is 1.78 bits per heavy atom. The van der Waals surface area contributed by atoms with E-state index in [9.17, 15) is 8.42 Å². The summed E-state index contributed by atoms with van der Waals surface area (Å²) in [7, 11) is -3.10. The molecule has 1 aliphatic heterocycles. The molecule has 0 bridgehead atoms. The minimum atomic E-state index is -3.10. The quantitative estimate of drug-likeness (QED) is 0.764. The molecule has 1 heterocycles. The third-order valence-corrected chi connectivity index (χ3v) is 5.75. The lowest BCUT2D eigenvalue weighted by Gasteiger charge is -2.36. The van der Waals surface area contributed by atoms with Gasteiger partial charge in [-0.15, -0.1) is 0 Å². The Labute approximate surface area is 140 Å². The molecule has 2 rings (SSSR count). The van der Waals surface area contributed by atoms with Gasteiger partial charge in [-0.05, 0) is 37.5 Å². The lowest BCUT2D eigenvalue weighted by molar-refractivity contribution is 0.156. The van der Waals surface area contributed by atoms with Crippen molar-refractivity contribution in [3.05, 3.63) is 29.8 Å². The average Bonchev–Trinajstić information content (AvgIpc) is 2.50. The van der Waals surface area contributed by atoms with Crippen molar-refractivity contribution in [2.45, 2.75) is 39.3 Å². The van der Waals surface area contributed by atoms with E-state index in [2.05, 4.69) is 17.0 Å². The third kappa shape index (κ3) is 5.19. The van der Waals surface area contributed by atoms with Crippen LogP contribution in [0.5, 0.6) is 5.75 Å². The molecule has 0 radical (unpaired) electrons. The highest BCUT2D eigenvalue weighted by Crippen LogP contribution is 2.21. The van der Waals surface area contributed by atoms with Crippen LogP contribution in [0, 0.1) is 0 Å². The second kappa shape index (κ2) is 8.13. The average molecular weight is 340 g/mol. The van der Waals surface area contributed by atoms with E-state index in [0.717, 1.165) is 38.2 Å². The summed E-state index contributed by atoms with van der Waals surface area (Å²) in [5.74, 6) is 0.904. The van der Waals surface area contributed by atoms with Gasteiger partial charge in [0.05, 0.1) is 12.9 Å². The fourth-order valence-corrected chi connectivity index (χ4v) is 4.47. The van der Waals surface area contributed by atoms with Crippen LogP contribution in [0.15, 0.2) is 24.3 Å². The van der Waals surface area contributed by atoms with E-state index in [1.165, 1.54) is 11.8 Å². The van der Waals surface area contributed by atoms with Gasteiger partial charge in [-0.2, -0.15) is 4.31 Å².